The Morgan fingerprint density at radius 1 is 0.900 bits per heavy atom. The van der Waals surface area contributed by atoms with E-state index in [2.05, 4.69) is 4.97 Å². The fourth-order valence-electron chi connectivity index (χ4n) is 0.826. The van der Waals surface area contributed by atoms with Crippen LogP contribution in [0.3, 0.4) is 0 Å². The predicted molar refractivity (Wildman–Crippen MR) is 42.9 cm³/mol. The predicted octanol–water partition coefficient (Wildman–Crippen LogP) is 1.16. The average Bonchev–Trinajstić information content (AvgIpc) is 2.02. The van der Waals surface area contributed by atoms with E-state index in [0.717, 1.165) is 26.4 Å². The van der Waals surface area contributed by atoms with Crippen molar-refractivity contribution in [3.8, 4) is 0 Å². The molecule has 60 valence electrons. The van der Waals surface area contributed by atoms with Gasteiger partial charge in [0.25, 0.3) is 0 Å². The molecule has 1 aliphatic rings. The topological polar surface area (TPSA) is 18.5 Å². The Hall–Kier alpha value is 0.710. The quantitative estimate of drug-likeness (QED) is 0.607. The maximum atomic E-state index is 5.34. The first-order chi connectivity index (χ1) is 4.89. The molecule has 0 N–H and O–H groups in total. The molecular formula is C7H15O2Te+. The first kappa shape index (κ1) is 8.80. The Labute approximate surface area is 69.5 Å². The number of hydrogen-bond donors (Lipinski definition) is 0. The van der Waals surface area contributed by atoms with E-state index >= 15 is 0 Å². The van der Waals surface area contributed by atoms with Crippen LogP contribution in [0.5, 0.6) is 0 Å². The van der Waals surface area contributed by atoms with Gasteiger partial charge in [0.15, 0.2) is 0 Å². The van der Waals surface area contributed by atoms with Gasteiger partial charge in [-0.25, -0.2) is 0 Å². The van der Waals surface area contributed by atoms with Crippen molar-refractivity contribution in [2.24, 2.45) is 0 Å². The molecule has 1 heterocycles. The van der Waals surface area contributed by atoms with Crippen molar-refractivity contribution in [3.63, 3.8) is 0 Å². The molecule has 0 aromatic heterocycles. The molecule has 0 radical (unpaired) electrons. The second-order valence-corrected chi connectivity index (χ2v) is 9.21. The van der Waals surface area contributed by atoms with E-state index in [1.807, 2.05) is 0 Å². The van der Waals surface area contributed by atoms with E-state index in [-0.39, 0.29) is 0 Å². The van der Waals surface area contributed by atoms with E-state index in [1.54, 1.807) is 0 Å². The van der Waals surface area contributed by atoms with Gasteiger partial charge in [-0.05, 0) is 0 Å². The average molecular weight is 259 g/mol. The van der Waals surface area contributed by atoms with Crippen molar-refractivity contribution in [3.05, 3.63) is 0 Å². The van der Waals surface area contributed by atoms with Gasteiger partial charge >= 0.3 is 69.4 Å². The second-order valence-electron chi connectivity index (χ2n) is 2.41. The third-order valence-corrected chi connectivity index (χ3v) is 6.45. The zero-order valence-electron chi connectivity index (χ0n) is 6.47. The van der Waals surface area contributed by atoms with Gasteiger partial charge in [-0.15, -0.1) is 0 Å². The van der Waals surface area contributed by atoms with E-state index in [4.69, 9.17) is 9.47 Å². The SMILES string of the molecule is C[Te+]1CCOCCOCC1. The molecular weight excluding hydrogens is 244 g/mol. The zero-order valence-corrected chi connectivity index (χ0v) is 8.80. The molecule has 0 aromatic rings. The van der Waals surface area contributed by atoms with Crippen LogP contribution in [0.4, 0.5) is 0 Å². The van der Waals surface area contributed by atoms with Gasteiger partial charge in [-0.1, -0.05) is 0 Å². The molecule has 3 heteroatoms. The molecule has 1 fully saturated rings. The molecule has 0 saturated carbocycles. The summed E-state index contributed by atoms with van der Waals surface area (Å²) < 4.78 is 13.4. The third-order valence-electron chi connectivity index (χ3n) is 1.52. The van der Waals surface area contributed by atoms with Crippen LogP contribution in [0, 0.1) is 0 Å². The Morgan fingerprint density at radius 2 is 1.40 bits per heavy atom. The monoisotopic (exact) mass is 261 g/mol. The van der Waals surface area contributed by atoms with Gasteiger partial charge in [0.1, 0.15) is 0 Å². The summed E-state index contributed by atoms with van der Waals surface area (Å²) in [5.41, 5.74) is 0. The minimum absolute atomic E-state index is 0.718. The number of ether oxygens (including phenoxy) is 2. The molecule has 2 nitrogen and oxygen atoms in total. The summed E-state index contributed by atoms with van der Waals surface area (Å²) in [5.74, 6) is 0. The normalized spacial score (nSPS) is 24.9. The summed E-state index contributed by atoms with van der Waals surface area (Å²) in [4.78, 5) is 2.42. The minimum atomic E-state index is -0.718. The zero-order chi connectivity index (χ0) is 7.23. The summed E-state index contributed by atoms with van der Waals surface area (Å²) in [6, 6.07) is 0. The van der Waals surface area contributed by atoms with Crippen LogP contribution in [0.2, 0.25) is 13.9 Å². The molecule has 1 aliphatic heterocycles. The van der Waals surface area contributed by atoms with Crippen LogP contribution >= 0.6 is 0 Å². The molecule has 1 rings (SSSR count). The summed E-state index contributed by atoms with van der Waals surface area (Å²) >= 11 is -0.718. The third kappa shape index (κ3) is 3.78. The summed E-state index contributed by atoms with van der Waals surface area (Å²) in [7, 11) is 0. The van der Waals surface area contributed by atoms with Crippen LogP contribution in [0.1, 0.15) is 0 Å². The standard InChI is InChI=1S/C7H15O2Te/c1-10-6-4-8-2-3-9-5-7-10/h2-7H2,1H3/q+1. The van der Waals surface area contributed by atoms with Gasteiger partial charge in [0.05, 0.1) is 0 Å². The first-order valence-corrected chi connectivity index (χ1v) is 9.27. The van der Waals surface area contributed by atoms with E-state index in [9.17, 15) is 0 Å². The second kappa shape index (κ2) is 5.37. The van der Waals surface area contributed by atoms with Gasteiger partial charge in [0.2, 0.25) is 0 Å². The molecule has 0 aliphatic carbocycles. The van der Waals surface area contributed by atoms with Crippen LogP contribution in [0.25, 0.3) is 0 Å². The van der Waals surface area contributed by atoms with Crippen molar-refractivity contribution in [2.75, 3.05) is 26.4 Å². The van der Waals surface area contributed by atoms with Crippen molar-refractivity contribution in [2.45, 2.75) is 13.9 Å². The molecule has 0 bridgehead atoms. The molecule has 0 unspecified atom stereocenters. The summed E-state index contributed by atoms with van der Waals surface area (Å²) in [5, 5.41) is 0. The van der Waals surface area contributed by atoms with Crippen LogP contribution in [0.15, 0.2) is 0 Å². The molecule has 0 spiro atoms. The Bertz CT molecular complexity index is 77.7. The van der Waals surface area contributed by atoms with Gasteiger partial charge in [-0.3, -0.25) is 0 Å². The van der Waals surface area contributed by atoms with Crippen molar-refractivity contribution in [1.29, 1.82) is 0 Å². The fourth-order valence-corrected chi connectivity index (χ4v) is 3.71. The van der Waals surface area contributed by atoms with E-state index in [1.165, 1.54) is 8.94 Å². The molecule has 0 aromatic carbocycles. The molecule has 1 saturated heterocycles. The van der Waals surface area contributed by atoms with Crippen LogP contribution in [-0.2, 0) is 9.47 Å². The van der Waals surface area contributed by atoms with Gasteiger partial charge < -0.3 is 0 Å². The van der Waals surface area contributed by atoms with Gasteiger partial charge in [0, 0.05) is 0 Å². The Morgan fingerprint density at radius 3 is 1.90 bits per heavy atom. The molecule has 0 amide bonds. The van der Waals surface area contributed by atoms with Crippen LogP contribution < -0.4 is 0 Å². The van der Waals surface area contributed by atoms with Crippen LogP contribution in [-0.4, -0.2) is 46.0 Å². The maximum absolute atomic E-state index is 5.34. The van der Waals surface area contributed by atoms with Crippen molar-refractivity contribution in [1.82, 2.24) is 0 Å². The summed E-state index contributed by atoms with van der Waals surface area (Å²) in [6.45, 7) is 3.56. The Kier molecular flexibility index (Phi) is 4.73. The Balaban J connectivity index is 2.15. The first-order valence-electron chi connectivity index (χ1n) is 3.64. The van der Waals surface area contributed by atoms with Crippen molar-refractivity contribution < 1.29 is 9.47 Å². The van der Waals surface area contributed by atoms with E-state index < -0.39 is 19.6 Å². The van der Waals surface area contributed by atoms with Gasteiger partial charge in [-0.2, -0.15) is 0 Å². The fraction of sp³-hybridized carbons (Fsp3) is 1.00. The molecule has 0 atom stereocenters. The number of rotatable bonds is 0. The number of hydrogen-bond acceptors (Lipinski definition) is 2. The van der Waals surface area contributed by atoms with Crippen molar-refractivity contribution >= 4 is 19.6 Å². The summed E-state index contributed by atoms with van der Waals surface area (Å²) in [6.07, 6.45) is 0. The molecule has 10 heavy (non-hydrogen) atoms. The van der Waals surface area contributed by atoms with E-state index in [0.29, 0.717) is 0 Å².